The van der Waals surface area contributed by atoms with Crippen molar-refractivity contribution in [2.75, 3.05) is 0 Å². The molecule has 0 unspecified atom stereocenters. The summed E-state index contributed by atoms with van der Waals surface area (Å²) >= 11 is 5.60. The predicted octanol–water partition coefficient (Wildman–Crippen LogP) is 1.09. The molecule has 0 aromatic carbocycles. The van der Waals surface area contributed by atoms with Crippen molar-refractivity contribution >= 4 is 11.6 Å². The lowest BCUT2D eigenvalue weighted by Crippen LogP contribution is -2.07. The minimum absolute atomic E-state index is 0.0506. The van der Waals surface area contributed by atoms with Gasteiger partial charge in [-0.05, 0) is 0 Å². The summed E-state index contributed by atoms with van der Waals surface area (Å²) in [5.41, 5.74) is 0.131. The van der Waals surface area contributed by atoms with E-state index in [0.29, 0.717) is 5.56 Å². The third kappa shape index (κ3) is 1.60. The van der Waals surface area contributed by atoms with Crippen LogP contribution >= 0.6 is 11.6 Å². The fourth-order valence-corrected chi connectivity index (χ4v) is 0.953. The van der Waals surface area contributed by atoms with Crippen LogP contribution in [0.1, 0.15) is 5.56 Å². The second-order valence-corrected chi connectivity index (χ2v) is 2.35. The summed E-state index contributed by atoms with van der Waals surface area (Å²) in [6.07, 6.45) is 1.50. The Hall–Kier alpha value is -1.27. The number of H-pyrrole nitrogens is 1. The first kappa shape index (κ1) is 7.83. The number of nitrogens with one attached hydrogen (secondary N) is 1. The van der Waals surface area contributed by atoms with Crippen LogP contribution in [0.25, 0.3) is 0 Å². The first-order valence-electron chi connectivity index (χ1n) is 2.98. The highest BCUT2D eigenvalue weighted by molar-refractivity contribution is 6.30. The number of nitriles is 1. The minimum atomic E-state index is -0.199. The van der Waals surface area contributed by atoms with Crippen molar-refractivity contribution in [3.63, 3.8) is 0 Å². The van der Waals surface area contributed by atoms with Crippen LogP contribution in [-0.4, -0.2) is 4.98 Å². The molecule has 0 radical (unpaired) electrons. The number of aromatic nitrogens is 1. The molecule has 3 nitrogen and oxygen atoms in total. The zero-order chi connectivity index (χ0) is 8.27. The number of nitrogens with zero attached hydrogens (tertiary/aromatic N) is 1. The van der Waals surface area contributed by atoms with Crippen LogP contribution in [0.5, 0.6) is 0 Å². The molecule has 1 aromatic rings. The Bertz CT molecular complexity index is 350. The zero-order valence-corrected chi connectivity index (χ0v) is 6.35. The number of halogens is 1. The molecule has 0 fully saturated rings. The van der Waals surface area contributed by atoms with Crippen LogP contribution in [0.3, 0.4) is 0 Å². The monoisotopic (exact) mass is 168 g/mol. The van der Waals surface area contributed by atoms with E-state index < -0.39 is 0 Å². The topological polar surface area (TPSA) is 56.6 Å². The second-order valence-electron chi connectivity index (χ2n) is 1.97. The van der Waals surface area contributed by atoms with Gasteiger partial charge in [-0.1, -0.05) is 11.6 Å². The lowest BCUT2D eigenvalue weighted by atomic mass is 10.2. The van der Waals surface area contributed by atoms with Gasteiger partial charge in [0.2, 0.25) is 0 Å². The maximum Gasteiger partial charge on any atom is 0.187 e. The molecule has 0 bridgehead atoms. The fraction of sp³-hybridized carbons (Fsp3) is 0.143. The van der Waals surface area contributed by atoms with Crippen LogP contribution in [0.2, 0.25) is 5.15 Å². The second kappa shape index (κ2) is 3.22. The Labute approximate surface area is 68.2 Å². The summed E-state index contributed by atoms with van der Waals surface area (Å²) in [6.45, 7) is 0. The van der Waals surface area contributed by atoms with Gasteiger partial charge in [0.05, 0.1) is 12.5 Å². The molecule has 1 N–H and O–H groups in total. The van der Waals surface area contributed by atoms with Gasteiger partial charge in [-0.3, -0.25) is 4.79 Å². The summed E-state index contributed by atoms with van der Waals surface area (Å²) in [5.74, 6) is 0. The number of hydrogen-bond acceptors (Lipinski definition) is 2. The third-order valence-electron chi connectivity index (χ3n) is 1.26. The first-order chi connectivity index (χ1) is 5.25. The van der Waals surface area contributed by atoms with Gasteiger partial charge < -0.3 is 4.98 Å². The van der Waals surface area contributed by atoms with Crippen molar-refractivity contribution in [2.45, 2.75) is 6.42 Å². The summed E-state index contributed by atoms with van der Waals surface area (Å²) in [6, 6.07) is 3.21. The van der Waals surface area contributed by atoms with E-state index in [1.165, 1.54) is 12.3 Å². The Balaban J connectivity index is 3.24. The molecule has 4 heteroatoms. The average molecular weight is 169 g/mol. The SMILES string of the molecule is N#CCc1c(Cl)[nH]ccc1=O. The molecule has 1 aromatic heterocycles. The third-order valence-corrected chi connectivity index (χ3v) is 1.60. The quantitative estimate of drug-likeness (QED) is 0.639. The zero-order valence-electron chi connectivity index (χ0n) is 5.60. The maximum atomic E-state index is 11.0. The molecule has 0 aliphatic heterocycles. The highest BCUT2D eigenvalue weighted by Crippen LogP contribution is 2.06. The molecule has 0 aliphatic rings. The molecule has 1 heterocycles. The lowest BCUT2D eigenvalue weighted by molar-refractivity contribution is 1.16. The van der Waals surface area contributed by atoms with Gasteiger partial charge in [-0.25, -0.2) is 0 Å². The molecule has 0 spiro atoms. The Morgan fingerprint density at radius 1 is 1.73 bits per heavy atom. The van der Waals surface area contributed by atoms with Gasteiger partial charge in [0.25, 0.3) is 0 Å². The average Bonchev–Trinajstić information content (AvgIpc) is 1.97. The molecule has 0 atom stereocenters. The van der Waals surface area contributed by atoms with Gasteiger partial charge in [-0.15, -0.1) is 0 Å². The Morgan fingerprint density at radius 2 is 2.45 bits per heavy atom. The fourth-order valence-electron chi connectivity index (χ4n) is 0.730. The minimum Gasteiger partial charge on any atom is -0.352 e. The van der Waals surface area contributed by atoms with Gasteiger partial charge >= 0.3 is 0 Å². The van der Waals surface area contributed by atoms with Gasteiger partial charge in [-0.2, -0.15) is 5.26 Å². The highest BCUT2D eigenvalue weighted by Gasteiger charge is 2.02. The number of pyridine rings is 1. The summed E-state index contributed by atoms with van der Waals surface area (Å²) in [4.78, 5) is 13.6. The first-order valence-corrected chi connectivity index (χ1v) is 3.36. The summed E-state index contributed by atoms with van der Waals surface area (Å²) < 4.78 is 0. The molecule has 1 rings (SSSR count). The smallest absolute Gasteiger partial charge is 0.187 e. The van der Waals surface area contributed by atoms with Gasteiger partial charge in [0, 0.05) is 17.8 Å². The summed E-state index contributed by atoms with van der Waals surface area (Å²) in [7, 11) is 0. The number of hydrogen-bond donors (Lipinski definition) is 1. The molecular weight excluding hydrogens is 164 g/mol. The van der Waals surface area contributed by atoms with Gasteiger partial charge in [0.15, 0.2) is 5.43 Å². The van der Waals surface area contributed by atoms with Crippen molar-refractivity contribution in [1.29, 1.82) is 5.26 Å². The molecule has 56 valence electrons. The van der Waals surface area contributed by atoms with Crippen molar-refractivity contribution in [2.24, 2.45) is 0 Å². The van der Waals surface area contributed by atoms with Crippen LogP contribution in [0, 0.1) is 11.3 Å². The normalized spacial score (nSPS) is 9.09. The van der Waals surface area contributed by atoms with E-state index in [1.807, 2.05) is 6.07 Å². The van der Waals surface area contributed by atoms with E-state index in [4.69, 9.17) is 16.9 Å². The molecule has 0 amide bonds. The van der Waals surface area contributed by atoms with Crippen LogP contribution in [0.4, 0.5) is 0 Å². The van der Waals surface area contributed by atoms with Crippen molar-refractivity contribution in [3.8, 4) is 6.07 Å². The number of rotatable bonds is 1. The van der Waals surface area contributed by atoms with E-state index >= 15 is 0 Å². The van der Waals surface area contributed by atoms with Crippen molar-refractivity contribution in [3.05, 3.63) is 33.2 Å². The highest BCUT2D eigenvalue weighted by atomic mass is 35.5. The molecule has 0 saturated carbocycles. The van der Waals surface area contributed by atoms with Crippen molar-refractivity contribution < 1.29 is 0 Å². The van der Waals surface area contributed by atoms with Gasteiger partial charge in [0.1, 0.15) is 5.15 Å². The van der Waals surface area contributed by atoms with E-state index in [2.05, 4.69) is 4.98 Å². The van der Waals surface area contributed by atoms with Crippen LogP contribution < -0.4 is 5.43 Å². The van der Waals surface area contributed by atoms with Crippen LogP contribution in [-0.2, 0) is 6.42 Å². The molecule has 11 heavy (non-hydrogen) atoms. The van der Waals surface area contributed by atoms with Crippen molar-refractivity contribution in [1.82, 2.24) is 4.98 Å². The van der Waals surface area contributed by atoms with Crippen LogP contribution in [0.15, 0.2) is 17.1 Å². The van der Waals surface area contributed by atoms with E-state index in [9.17, 15) is 4.79 Å². The molecule has 0 saturated heterocycles. The maximum absolute atomic E-state index is 11.0. The largest absolute Gasteiger partial charge is 0.352 e. The summed E-state index contributed by atoms with van der Waals surface area (Å²) in [5, 5.41) is 8.56. The molecule has 0 aliphatic carbocycles. The molecular formula is C7H5ClN2O. The number of aromatic amines is 1. The van der Waals surface area contributed by atoms with E-state index in [0.717, 1.165) is 0 Å². The van der Waals surface area contributed by atoms with E-state index in [1.54, 1.807) is 0 Å². The standard InChI is InChI=1S/C7H5ClN2O/c8-7-5(1-3-9)6(11)2-4-10-7/h2,4H,1H2,(H,10,11). The Morgan fingerprint density at radius 3 is 3.00 bits per heavy atom. The Kier molecular flexibility index (Phi) is 2.29. The predicted molar refractivity (Wildman–Crippen MR) is 41.4 cm³/mol. The van der Waals surface area contributed by atoms with E-state index in [-0.39, 0.29) is 17.0 Å². The lowest BCUT2D eigenvalue weighted by Gasteiger charge is -1.94.